The van der Waals surface area contributed by atoms with Gasteiger partial charge in [0, 0.05) is 12.1 Å². The lowest BCUT2D eigenvalue weighted by Crippen LogP contribution is -2.22. The molecule has 10 heteroatoms. The molecule has 0 aliphatic carbocycles. The fourth-order valence-electron chi connectivity index (χ4n) is 2.98. The Balaban J connectivity index is 1.74. The van der Waals surface area contributed by atoms with E-state index in [2.05, 4.69) is 10.4 Å². The van der Waals surface area contributed by atoms with Crippen LogP contribution in [0.5, 0.6) is 17.2 Å². The van der Waals surface area contributed by atoms with Gasteiger partial charge in [-0.3, -0.25) is 4.90 Å². The number of aromatic nitrogens is 2. The highest BCUT2D eigenvalue weighted by atomic mass is 32.1. The summed E-state index contributed by atoms with van der Waals surface area (Å²) < 4.78 is 32.5. The number of methoxy groups -OCH3 is 3. The van der Waals surface area contributed by atoms with Crippen LogP contribution < -0.4 is 19.5 Å². The maximum atomic E-state index is 13.9. The van der Waals surface area contributed by atoms with Gasteiger partial charge in [-0.1, -0.05) is 29.5 Å². The Morgan fingerprint density at radius 3 is 2.50 bits per heavy atom. The Morgan fingerprint density at radius 2 is 1.83 bits per heavy atom. The molecule has 1 heterocycles. The molecule has 0 spiro atoms. The molecule has 0 unspecified atom stereocenters. The van der Waals surface area contributed by atoms with Crippen LogP contribution in [0.25, 0.3) is 0 Å². The van der Waals surface area contributed by atoms with E-state index in [1.807, 2.05) is 24.1 Å². The smallest absolute Gasteiger partial charge is 0.209 e. The van der Waals surface area contributed by atoms with Crippen LogP contribution in [0.4, 0.5) is 15.2 Å². The Bertz CT molecular complexity index is 1070. The van der Waals surface area contributed by atoms with Crippen molar-refractivity contribution in [3.63, 3.8) is 0 Å². The quantitative estimate of drug-likeness (QED) is 0.475. The lowest BCUT2D eigenvalue weighted by Gasteiger charge is -2.20. The van der Waals surface area contributed by atoms with Crippen molar-refractivity contribution in [3.05, 3.63) is 51.7 Å². The summed E-state index contributed by atoms with van der Waals surface area (Å²) in [4.78, 5) is 2.03. The maximum Gasteiger partial charge on any atom is 0.209 e. The molecule has 3 rings (SSSR count). The zero-order chi connectivity index (χ0) is 21.7. The number of para-hydroxylation sites is 1. The first-order valence-corrected chi connectivity index (χ1v) is 10.2. The van der Waals surface area contributed by atoms with Crippen LogP contribution in [0, 0.1) is 9.77 Å². The van der Waals surface area contributed by atoms with E-state index in [-0.39, 0.29) is 5.82 Å². The highest BCUT2D eigenvalue weighted by Gasteiger charge is 2.17. The molecule has 160 valence electrons. The number of rotatable bonds is 9. The summed E-state index contributed by atoms with van der Waals surface area (Å²) in [6, 6.07) is 10.2. The van der Waals surface area contributed by atoms with Crippen molar-refractivity contribution in [1.82, 2.24) is 14.7 Å². The number of nitrogens with one attached hydrogen (secondary N) is 1. The van der Waals surface area contributed by atoms with E-state index in [0.29, 0.717) is 45.2 Å². The van der Waals surface area contributed by atoms with Crippen molar-refractivity contribution in [2.45, 2.75) is 13.2 Å². The molecule has 0 saturated carbocycles. The van der Waals surface area contributed by atoms with Gasteiger partial charge >= 0.3 is 0 Å². The number of hydrogen-bond acceptors (Lipinski definition) is 8. The molecule has 0 atom stereocenters. The van der Waals surface area contributed by atoms with Crippen LogP contribution in [0.15, 0.2) is 36.4 Å². The van der Waals surface area contributed by atoms with Gasteiger partial charge in [-0.2, -0.15) is 0 Å². The Morgan fingerprint density at radius 1 is 1.10 bits per heavy atom. The maximum absolute atomic E-state index is 13.9. The van der Waals surface area contributed by atoms with Gasteiger partial charge < -0.3 is 19.5 Å². The molecule has 1 N–H and O–H groups in total. The minimum Gasteiger partial charge on any atom is -0.493 e. The van der Waals surface area contributed by atoms with Crippen molar-refractivity contribution in [2.75, 3.05) is 33.7 Å². The fourth-order valence-corrected chi connectivity index (χ4v) is 3.99. The first-order chi connectivity index (χ1) is 14.5. The van der Waals surface area contributed by atoms with Crippen molar-refractivity contribution < 1.29 is 18.6 Å². The van der Waals surface area contributed by atoms with Crippen molar-refractivity contribution in [3.8, 4) is 17.2 Å². The third-order valence-electron chi connectivity index (χ3n) is 4.32. The van der Waals surface area contributed by atoms with Gasteiger partial charge in [0.2, 0.25) is 10.9 Å². The normalized spacial score (nSPS) is 10.9. The van der Waals surface area contributed by atoms with E-state index in [4.69, 9.17) is 26.4 Å². The summed E-state index contributed by atoms with van der Waals surface area (Å²) in [5.74, 6) is 1.43. The predicted molar refractivity (Wildman–Crippen MR) is 118 cm³/mol. The van der Waals surface area contributed by atoms with Crippen LogP contribution in [0.1, 0.15) is 5.56 Å². The topological polar surface area (TPSA) is 60.8 Å². The van der Waals surface area contributed by atoms with Crippen LogP contribution in [0.3, 0.4) is 0 Å². The Labute approximate surface area is 183 Å². The van der Waals surface area contributed by atoms with Crippen molar-refractivity contribution >= 4 is 34.4 Å². The van der Waals surface area contributed by atoms with Gasteiger partial charge in [0.1, 0.15) is 5.82 Å². The van der Waals surface area contributed by atoms with E-state index in [0.717, 1.165) is 5.56 Å². The number of ether oxygens (including phenoxy) is 3. The van der Waals surface area contributed by atoms with Gasteiger partial charge in [0.25, 0.3) is 0 Å². The first kappa shape index (κ1) is 22.0. The van der Waals surface area contributed by atoms with E-state index in [9.17, 15) is 4.39 Å². The van der Waals surface area contributed by atoms with Crippen LogP contribution >= 0.6 is 23.6 Å². The lowest BCUT2D eigenvalue weighted by molar-refractivity contribution is 0.240. The standard InChI is InChI=1S/C20H23FN4O3S2/c1-24(11-13-9-10-16(26-2)18(28-4)17(13)27-3)12-25-20(29)30-19(23-25)22-15-8-6-5-7-14(15)21/h5-10H,11-12H2,1-4H3,(H,22,23). The fraction of sp³-hybridized carbons (Fsp3) is 0.300. The monoisotopic (exact) mass is 450 g/mol. The molecule has 0 saturated heterocycles. The Hall–Kier alpha value is -2.69. The summed E-state index contributed by atoms with van der Waals surface area (Å²) in [7, 11) is 6.70. The average Bonchev–Trinajstić information content (AvgIpc) is 3.07. The average molecular weight is 451 g/mol. The zero-order valence-corrected chi connectivity index (χ0v) is 18.8. The van der Waals surface area contributed by atoms with Gasteiger partial charge in [0.05, 0.1) is 33.7 Å². The second-order valence-electron chi connectivity index (χ2n) is 6.43. The molecular weight excluding hydrogens is 427 g/mol. The molecule has 3 aromatic rings. The summed E-state index contributed by atoms with van der Waals surface area (Å²) in [5, 5.41) is 7.98. The van der Waals surface area contributed by atoms with Gasteiger partial charge in [0.15, 0.2) is 15.5 Å². The molecule has 0 amide bonds. The SMILES string of the molecule is COc1ccc(CN(C)Cn2nc(Nc3ccccc3F)sc2=S)c(OC)c1OC. The number of hydrogen-bond donors (Lipinski definition) is 1. The molecule has 0 bridgehead atoms. The summed E-state index contributed by atoms with van der Waals surface area (Å²) in [5.41, 5.74) is 1.29. The van der Waals surface area contributed by atoms with Gasteiger partial charge in [-0.15, -0.1) is 5.10 Å². The number of benzene rings is 2. The predicted octanol–water partition coefficient (Wildman–Crippen LogP) is 4.67. The van der Waals surface area contributed by atoms with Gasteiger partial charge in [-0.05, 0) is 37.5 Å². The van der Waals surface area contributed by atoms with E-state index < -0.39 is 0 Å². The molecule has 7 nitrogen and oxygen atoms in total. The van der Waals surface area contributed by atoms with Crippen LogP contribution in [-0.4, -0.2) is 43.1 Å². The zero-order valence-electron chi connectivity index (χ0n) is 17.1. The highest BCUT2D eigenvalue weighted by Crippen LogP contribution is 2.40. The summed E-state index contributed by atoms with van der Waals surface area (Å²) in [6.07, 6.45) is 0. The minimum atomic E-state index is -0.345. The molecule has 0 aliphatic rings. The highest BCUT2D eigenvalue weighted by molar-refractivity contribution is 7.73. The lowest BCUT2D eigenvalue weighted by atomic mass is 10.1. The number of anilines is 2. The summed E-state index contributed by atoms with van der Waals surface area (Å²) in [6.45, 7) is 1.02. The van der Waals surface area contributed by atoms with Crippen LogP contribution in [0.2, 0.25) is 0 Å². The molecule has 0 fully saturated rings. The van der Waals surface area contributed by atoms with E-state index in [1.165, 1.54) is 17.4 Å². The second kappa shape index (κ2) is 9.88. The second-order valence-corrected chi connectivity index (χ2v) is 8.05. The van der Waals surface area contributed by atoms with E-state index >= 15 is 0 Å². The molecule has 0 radical (unpaired) electrons. The molecule has 1 aromatic heterocycles. The molecule has 0 aliphatic heterocycles. The largest absolute Gasteiger partial charge is 0.493 e. The van der Waals surface area contributed by atoms with Crippen molar-refractivity contribution in [1.29, 1.82) is 0 Å². The third-order valence-corrected chi connectivity index (χ3v) is 5.55. The van der Waals surface area contributed by atoms with Crippen LogP contribution in [-0.2, 0) is 13.2 Å². The Kier molecular flexibility index (Phi) is 7.24. The van der Waals surface area contributed by atoms with Crippen molar-refractivity contribution in [2.24, 2.45) is 0 Å². The molecule has 30 heavy (non-hydrogen) atoms. The molecule has 2 aromatic carbocycles. The molecular formula is C20H23FN4O3S2. The van der Waals surface area contributed by atoms with Gasteiger partial charge in [-0.25, -0.2) is 9.07 Å². The minimum absolute atomic E-state index is 0.345. The van der Waals surface area contributed by atoms with E-state index in [1.54, 1.807) is 44.2 Å². The summed E-state index contributed by atoms with van der Waals surface area (Å²) >= 11 is 6.71. The first-order valence-electron chi connectivity index (χ1n) is 9.02. The third kappa shape index (κ3) is 4.89. The number of nitrogens with zero attached hydrogens (tertiary/aromatic N) is 3. The number of halogens is 1.